The summed E-state index contributed by atoms with van der Waals surface area (Å²) < 4.78 is 5.34. The third-order valence-electron chi connectivity index (χ3n) is 3.38. The van der Waals surface area contributed by atoms with Crippen LogP contribution in [0.1, 0.15) is 43.6 Å². The van der Waals surface area contributed by atoms with E-state index in [9.17, 15) is 9.59 Å². The predicted octanol–water partition coefficient (Wildman–Crippen LogP) is 4.00. The highest BCUT2D eigenvalue weighted by Gasteiger charge is 2.24. The van der Waals surface area contributed by atoms with Crippen LogP contribution in [0, 0.1) is 6.92 Å². The zero-order valence-electron chi connectivity index (χ0n) is 15.7. The smallest absolute Gasteiger partial charge is 0.341 e. The van der Waals surface area contributed by atoms with Crippen LogP contribution in [0.3, 0.4) is 0 Å². The highest BCUT2D eigenvalue weighted by molar-refractivity contribution is 7.99. The summed E-state index contributed by atoms with van der Waals surface area (Å²) in [5.74, 6) is -0.897. The standard InChI is InChI=1S/C20H24N2O3S/c1-13-8-10-15(11-9-13)26-18-16(7-6-12-21-18)19(24)25-14(2)17(23)22-20(3,4)5/h6-12,14H,1-5H3,(H,22,23)/t14-/m1/s1. The number of hydrogen-bond donors (Lipinski definition) is 1. The molecule has 0 radical (unpaired) electrons. The number of rotatable bonds is 5. The molecule has 1 N–H and O–H groups in total. The second-order valence-corrected chi connectivity index (χ2v) is 8.12. The van der Waals surface area contributed by atoms with Crippen LogP contribution in [0.2, 0.25) is 0 Å². The lowest BCUT2D eigenvalue weighted by Gasteiger charge is -2.23. The van der Waals surface area contributed by atoms with Crippen LogP contribution in [-0.4, -0.2) is 28.5 Å². The summed E-state index contributed by atoms with van der Waals surface area (Å²) in [6.07, 6.45) is 0.738. The molecule has 1 aromatic carbocycles. The Kier molecular flexibility index (Phi) is 6.42. The normalized spacial score (nSPS) is 12.3. The fourth-order valence-corrected chi connectivity index (χ4v) is 2.96. The molecule has 6 heteroatoms. The minimum absolute atomic E-state index is 0.331. The molecule has 0 bridgehead atoms. The Morgan fingerprint density at radius 3 is 2.42 bits per heavy atom. The van der Waals surface area contributed by atoms with Gasteiger partial charge in [-0.05, 0) is 58.9 Å². The van der Waals surface area contributed by atoms with E-state index in [-0.39, 0.29) is 5.91 Å². The number of nitrogens with one attached hydrogen (secondary N) is 1. The van der Waals surface area contributed by atoms with Crippen molar-refractivity contribution in [2.24, 2.45) is 0 Å². The van der Waals surface area contributed by atoms with Gasteiger partial charge in [0, 0.05) is 16.6 Å². The average molecular weight is 372 g/mol. The van der Waals surface area contributed by atoms with Crippen LogP contribution in [-0.2, 0) is 9.53 Å². The lowest BCUT2D eigenvalue weighted by atomic mass is 10.1. The maximum atomic E-state index is 12.5. The minimum atomic E-state index is -0.890. The monoisotopic (exact) mass is 372 g/mol. The number of carbonyl (C=O) groups excluding carboxylic acids is 2. The van der Waals surface area contributed by atoms with E-state index >= 15 is 0 Å². The Morgan fingerprint density at radius 2 is 1.81 bits per heavy atom. The van der Waals surface area contributed by atoms with Gasteiger partial charge in [-0.1, -0.05) is 29.5 Å². The molecular formula is C20H24N2O3S. The molecule has 26 heavy (non-hydrogen) atoms. The lowest BCUT2D eigenvalue weighted by Crippen LogP contribution is -2.46. The highest BCUT2D eigenvalue weighted by atomic mass is 32.2. The molecular weight excluding hydrogens is 348 g/mol. The van der Waals surface area contributed by atoms with Crippen molar-refractivity contribution in [2.75, 3.05) is 0 Å². The van der Waals surface area contributed by atoms with E-state index in [2.05, 4.69) is 10.3 Å². The van der Waals surface area contributed by atoms with Crippen LogP contribution >= 0.6 is 11.8 Å². The Morgan fingerprint density at radius 1 is 1.15 bits per heavy atom. The average Bonchev–Trinajstić information content (AvgIpc) is 2.55. The molecule has 1 heterocycles. The van der Waals surface area contributed by atoms with Gasteiger partial charge >= 0.3 is 5.97 Å². The van der Waals surface area contributed by atoms with Gasteiger partial charge in [0.15, 0.2) is 6.10 Å². The summed E-state index contributed by atoms with van der Waals surface area (Å²) in [7, 11) is 0. The molecule has 0 fully saturated rings. The number of carbonyl (C=O) groups is 2. The zero-order valence-corrected chi connectivity index (χ0v) is 16.5. The molecule has 138 valence electrons. The second kappa shape index (κ2) is 8.36. The fraction of sp³-hybridized carbons (Fsp3) is 0.350. The summed E-state index contributed by atoms with van der Waals surface area (Å²) in [6, 6.07) is 11.3. The van der Waals surface area contributed by atoms with Gasteiger partial charge in [-0.15, -0.1) is 0 Å². The molecule has 0 saturated carbocycles. The summed E-state index contributed by atoms with van der Waals surface area (Å²) in [4.78, 5) is 29.9. The number of nitrogens with zero attached hydrogens (tertiary/aromatic N) is 1. The van der Waals surface area contributed by atoms with Crippen molar-refractivity contribution in [3.05, 3.63) is 53.7 Å². The molecule has 0 aliphatic heterocycles. The Labute approximate surface area is 158 Å². The molecule has 2 rings (SSSR count). The maximum absolute atomic E-state index is 12.5. The van der Waals surface area contributed by atoms with Gasteiger partial charge in [-0.25, -0.2) is 9.78 Å². The molecule has 0 spiro atoms. The second-order valence-electron chi connectivity index (χ2n) is 7.06. The topological polar surface area (TPSA) is 68.3 Å². The molecule has 0 saturated heterocycles. The molecule has 1 aromatic heterocycles. The number of ether oxygens (including phenoxy) is 1. The van der Waals surface area contributed by atoms with Gasteiger partial charge in [-0.2, -0.15) is 0 Å². The molecule has 1 amide bonds. The predicted molar refractivity (Wildman–Crippen MR) is 102 cm³/mol. The van der Waals surface area contributed by atoms with Gasteiger partial charge in [0.2, 0.25) is 0 Å². The first-order valence-electron chi connectivity index (χ1n) is 8.38. The minimum Gasteiger partial charge on any atom is -0.449 e. The van der Waals surface area contributed by atoms with Crippen LogP contribution in [0.25, 0.3) is 0 Å². The van der Waals surface area contributed by atoms with E-state index in [1.54, 1.807) is 25.3 Å². The van der Waals surface area contributed by atoms with E-state index in [4.69, 9.17) is 4.74 Å². The van der Waals surface area contributed by atoms with E-state index in [1.165, 1.54) is 11.8 Å². The number of benzene rings is 1. The van der Waals surface area contributed by atoms with E-state index < -0.39 is 17.6 Å². The number of hydrogen-bond acceptors (Lipinski definition) is 5. The van der Waals surface area contributed by atoms with Crippen molar-refractivity contribution < 1.29 is 14.3 Å². The lowest BCUT2D eigenvalue weighted by molar-refractivity contribution is -0.130. The number of pyridine rings is 1. The quantitative estimate of drug-likeness (QED) is 0.804. The summed E-state index contributed by atoms with van der Waals surface area (Å²) in [5, 5.41) is 3.34. The van der Waals surface area contributed by atoms with Crippen LogP contribution < -0.4 is 5.32 Å². The van der Waals surface area contributed by atoms with Gasteiger partial charge in [-0.3, -0.25) is 4.79 Å². The van der Waals surface area contributed by atoms with Crippen LogP contribution in [0.15, 0.2) is 52.5 Å². The molecule has 0 aliphatic rings. The Balaban J connectivity index is 2.11. The summed E-state index contributed by atoms with van der Waals surface area (Å²) in [5.41, 5.74) is 1.11. The molecule has 1 atom stereocenters. The van der Waals surface area contributed by atoms with Crippen LogP contribution in [0.4, 0.5) is 0 Å². The Bertz CT molecular complexity index is 782. The van der Waals surface area contributed by atoms with E-state index in [0.717, 1.165) is 10.5 Å². The fourth-order valence-electron chi connectivity index (χ4n) is 2.09. The first-order valence-corrected chi connectivity index (χ1v) is 9.20. The van der Waals surface area contributed by atoms with Crippen molar-refractivity contribution in [1.82, 2.24) is 10.3 Å². The molecule has 0 unspecified atom stereocenters. The van der Waals surface area contributed by atoms with Crippen molar-refractivity contribution in [1.29, 1.82) is 0 Å². The number of esters is 1. The highest BCUT2D eigenvalue weighted by Crippen LogP contribution is 2.29. The molecule has 0 aliphatic carbocycles. The summed E-state index contributed by atoms with van der Waals surface area (Å²) in [6.45, 7) is 9.19. The number of aryl methyl sites for hydroxylation is 1. The van der Waals surface area contributed by atoms with E-state index in [0.29, 0.717) is 10.6 Å². The first-order chi connectivity index (χ1) is 12.2. The first kappa shape index (κ1) is 20.0. The third-order valence-corrected chi connectivity index (χ3v) is 4.40. The number of amides is 1. The van der Waals surface area contributed by atoms with Gasteiger partial charge in [0.25, 0.3) is 5.91 Å². The largest absolute Gasteiger partial charge is 0.449 e. The third kappa shape index (κ3) is 5.88. The van der Waals surface area contributed by atoms with Crippen molar-refractivity contribution in [3.63, 3.8) is 0 Å². The van der Waals surface area contributed by atoms with Crippen molar-refractivity contribution >= 4 is 23.6 Å². The number of aromatic nitrogens is 1. The summed E-state index contributed by atoms with van der Waals surface area (Å²) >= 11 is 1.38. The van der Waals surface area contributed by atoms with Gasteiger partial charge in [0.05, 0.1) is 5.56 Å². The van der Waals surface area contributed by atoms with E-state index in [1.807, 2.05) is 52.0 Å². The van der Waals surface area contributed by atoms with Gasteiger partial charge in [0.1, 0.15) is 5.03 Å². The SMILES string of the molecule is Cc1ccc(Sc2ncccc2C(=O)O[C@H](C)C(=O)NC(C)(C)C)cc1. The Hall–Kier alpha value is -2.34. The zero-order chi connectivity index (χ0) is 19.3. The maximum Gasteiger partial charge on any atom is 0.341 e. The van der Waals surface area contributed by atoms with Crippen LogP contribution in [0.5, 0.6) is 0 Å². The van der Waals surface area contributed by atoms with Gasteiger partial charge < -0.3 is 10.1 Å². The molecule has 5 nitrogen and oxygen atoms in total. The van der Waals surface area contributed by atoms with Crippen molar-refractivity contribution in [3.8, 4) is 0 Å². The molecule has 2 aromatic rings. The van der Waals surface area contributed by atoms with Crippen molar-refractivity contribution in [2.45, 2.75) is 56.2 Å².